The van der Waals surface area contributed by atoms with Gasteiger partial charge < -0.3 is 24.8 Å². The summed E-state index contributed by atoms with van der Waals surface area (Å²) < 4.78 is 11.6. The summed E-state index contributed by atoms with van der Waals surface area (Å²) >= 11 is 13.1. The van der Waals surface area contributed by atoms with Gasteiger partial charge in [0, 0.05) is 49.5 Å². The molecule has 0 aliphatic carbocycles. The van der Waals surface area contributed by atoms with Crippen molar-refractivity contribution in [1.29, 1.82) is 0 Å². The Hall–Kier alpha value is -1.25. The second kappa shape index (κ2) is 10.2. The highest BCUT2D eigenvalue weighted by Gasteiger charge is 2.37. The Bertz CT molecular complexity index is 1020. The van der Waals surface area contributed by atoms with E-state index in [1.54, 1.807) is 7.11 Å². The summed E-state index contributed by atoms with van der Waals surface area (Å²) in [5, 5.41) is 8.61. The van der Waals surface area contributed by atoms with Gasteiger partial charge in [0.05, 0.1) is 28.1 Å². The van der Waals surface area contributed by atoms with Gasteiger partial charge in [-0.05, 0) is 43.1 Å². The van der Waals surface area contributed by atoms with Gasteiger partial charge >= 0.3 is 0 Å². The highest BCUT2D eigenvalue weighted by atomic mass is 35.5. The van der Waals surface area contributed by atoms with Crippen LogP contribution in [0.25, 0.3) is 10.9 Å². The topological polar surface area (TPSA) is 75.4 Å². The van der Waals surface area contributed by atoms with Crippen molar-refractivity contribution in [2.75, 3.05) is 38.7 Å². The third-order valence-corrected chi connectivity index (χ3v) is 12.5. The van der Waals surface area contributed by atoms with Crippen molar-refractivity contribution in [2.24, 2.45) is 0 Å². The van der Waals surface area contributed by atoms with Crippen molar-refractivity contribution < 1.29 is 14.0 Å². The van der Waals surface area contributed by atoms with Gasteiger partial charge in [0.25, 0.3) is 0 Å². The molecular weight excluding hydrogens is 477 g/mol. The summed E-state index contributed by atoms with van der Waals surface area (Å²) in [4.78, 5) is 16.3. The number of benzene rings is 1. The summed E-state index contributed by atoms with van der Waals surface area (Å²) in [6.07, 6.45) is 0.789. The predicted octanol–water partition coefficient (Wildman–Crippen LogP) is 6.26. The number of carbonyl (C=O) groups excluding carboxylic acids is 1. The highest BCUT2D eigenvalue weighted by molar-refractivity contribution is 6.74. The van der Waals surface area contributed by atoms with Gasteiger partial charge in [0.2, 0.25) is 5.91 Å². The minimum Gasteiger partial charge on any atom is -0.415 e. The van der Waals surface area contributed by atoms with E-state index < -0.39 is 8.32 Å². The third kappa shape index (κ3) is 5.38. The molecule has 6 nitrogen and oxygen atoms in total. The van der Waals surface area contributed by atoms with Gasteiger partial charge in [-0.15, -0.1) is 0 Å². The largest absolute Gasteiger partial charge is 0.415 e. The second-order valence-corrected chi connectivity index (χ2v) is 16.0. The van der Waals surface area contributed by atoms with Crippen LogP contribution < -0.4 is 10.6 Å². The lowest BCUT2D eigenvalue weighted by Crippen LogP contribution is -2.41. The maximum Gasteiger partial charge on any atom is 0.227 e. The Balaban J connectivity index is 1.98. The van der Waals surface area contributed by atoms with Crippen molar-refractivity contribution in [1.82, 2.24) is 10.3 Å². The molecule has 2 aromatic rings. The number of fused-ring (bicyclic) bond motifs is 3. The number of H-pyrrole nitrogens is 1. The van der Waals surface area contributed by atoms with E-state index in [9.17, 15) is 4.79 Å². The number of methoxy groups -OCH3 is 1. The molecule has 1 aromatic carbocycles. The first-order chi connectivity index (χ1) is 15.4. The first-order valence-corrected chi connectivity index (χ1v) is 15.2. The number of aromatic nitrogens is 1. The maximum atomic E-state index is 12.8. The number of halogens is 2. The normalized spacial score (nSPS) is 19.4. The SMILES string of the molecule is COCC[C@@H]1CNC(=O)[C@@H](C)c2c1[nH]c1c(Cl)c(Cl)cc(NCCO[Si](C)(C)C(C)(C)C)c21. The Labute approximate surface area is 208 Å². The molecule has 0 fully saturated rings. The average molecular weight is 515 g/mol. The van der Waals surface area contributed by atoms with E-state index in [1.165, 1.54) is 0 Å². The van der Waals surface area contributed by atoms with Crippen LogP contribution in [0.5, 0.6) is 0 Å². The molecule has 1 amide bonds. The monoisotopic (exact) mass is 513 g/mol. The van der Waals surface area contributed by atoms with E-state index in [0.717, 1.165) is 34.3 Å². The number of hydrogen-bond donors (Lipinski definition) is 3. The van der Waals surface area contributed by atoms with Gasteiger partial charge in [-0.2, -0.15) is 0 Å². The molecule has 0 bridgehead atoms. The lowest BCUT2D eigenvalue weighted by atomic mass is 9.91. The summed E-state index contributed by atoms with van der Waals surface area (Å²) in [5.41, 5.74) is 3.64. The molecule has 9 heteroatoms. The molecule has 0 saturated carbocycles. The second-order valence-electron chi connectivity index (χ2n) is 10.4. The van der Waals surface area contributed by atoms with Crippen molar-refractivity contribution in [2.45, 2.75) is 64.1 Å². The molecule has 3 N–H and O–H groups in total. The molecule has 0 radical (unpaired) electrons. The van der Waals surface area contributed by atoms with E-state index in [2.05, 4.69) is 49.5 Å². The lowest BCUT2D eigenvalue weighted by molar-refractivity contribution is -0.122. The third-order valence-electron chi connectivity index (χ3n) is 7.15. The number of amides is 1. The van der Waals surface area contributed by atoms with E-state index in [1.807, 2.05) is 13.0 Å². The van der Waals surface area contributed by atoms with Crippen molar-refractivity contribution in [3.05, 3.63) is 27.4 Å². The van der Waals surface area contributed by atoms with Crippen LogP contribution in [-0.2, 0) is 14.0 Å². The highest BCUT2D eigenvalue weighted by Crippen LogP contribution is 2.44. The molecule has 3 rings (SSSR count). The lowest BCUT2D eigenvalue weighted by Gasteiger charge is -2.36. The fourth-order valence-electron chi connectivity index (χ4n) is 4.10. The minimum atomic E-state index is -1.83. The van der Waals surface area contributed by atoms with Crippen LogP contribution in [0, 0.1) is 0 Å². The number of hydrogen-bond acceptors (Lipinski definition) is 4. The minimum absolute atomic E-state index is 0.00958. The number of aromatic amines is 1. The standard InChI is InChI=1S/C24H37Cl2N3O3Si/c1-14-18-19-17(27-9-11-32-33(6,7)24(2,3)4)12-16(25)20(26)22(19)29-21(18)15(8-10-31-5)13-28-23(14)30/h12,14-15,27,29H,8-11,13H2,1-7H3,(H,28,30)/t14-,15+/m0/s1. The van der Waals surface area contributed by atoms with Crippen LogP contribution in [0.2, 0.25) is 28.2 Å². The summed E-state index contributed by atoms with van der Waals surface area (Å²) in [7, 11) is -0.145. The fourth-order valence-corrected chi connectivity index (χ4v) is 5.54. The molecule has 0 saturated heterocycles. The molecular formula is C24H37Cl2N3O3Si. The zero-order chi connectivity index (χ0) is 24.6. The molecule has 1 aliphatic heterocycles. The summed E-state index contributed by atoms with van der Waals surface area (Å²) in [6.45, 7) is 15.5. The number of ether oxygens (including phenoxy) is 1. The van der Waals surface area contributed by atoms with Crippen LogP contribution in [0.4, 0.5) is 5.69 Å². The van der Waals surface area contributed by atoms with Crippen molar-refractivity contribution in [3.8, 4) is 0 Å². The zero-order valence-corrected chi connectivity index (χ0v) is 23.3. The molecule has 2 heterocycles. The molecule has 184 valence electrons. The van der Waals surface area contributed by atoms with Crippen LogP contribution in [0.3, 0.4) is 0 Å². The number of carbonyl (C=O) groups is 1. The molecule has 33 heavy (non-hydrogen) atoms. The first-order valence-electron chi connectivity index (χ1n) is 11.6. The molecule has 2 atom stereocenters. The van der Waals surface area contributed by atoms with Crippen molar-refractivity contribution >= 4 is 54.0 Å². The van der Waals surface area contributed by atoms with Crippen LogP contribution in [0.15, 0.2) is 6.07 Å². The Morgan fingerprint density at radius 3 is 2.58 bits per heavy atom. The van der Waals surface area contributed by atoms with Crippen LogP contribution >= 0.6 is 23.2 Å². The molecule has 0 spiro atoms. The van der Waals surface area contributed by atoms with E-state index >= 15 is 0 Å². The average Bonchev–Trinajstić information content (AvgIpc) is 3.09. The number of anilines is 1. The van der Waals surface area contributed by atoms with Gasteiger partial charge in [0.1, 0.15) is 0 Å². The summed E-state index contributed by atoms with van der Waals surface area (Å²) in [5.74, 6) is -0.205. The van der Waals surface area contributed by atoms with Crippen LogP contribution in [-0.4, -0.2) is 52.6 Å². The maximum absolute atomic E-state index is 12.8. The van der Waals surface area contributed by atoms with Gasteiger partial charge in [-0.25, -0.2) is 0 Å². The van der Waals surface area contributed by atoms with Gasteiger partial charge in [0.15, 0.2) is 8.32 Å². The predicted molar refractivity (Wildman–Crippen MR) is 141 cm³/mol. The van der Waals surface area contributed by atoms with Crippen molar-refractivity contribution in [3.63, 3.8) is 0 Å². The zero-order valence-electron chi connectivity index (χ0n) is 20.7. The smallest absolute Gasteiger partial charge is 0.227 e. The number of nitrogens with one attached hydrogen (secondary N) is 3. The first kappa shape index (κ1) is 26.4. The number of rotatable bonds is 8. The van der Waals surface area contributed by atoms with E-state index in [-0.39, 0.29) is 22.8 Å². The Kier molecular flexibility index (Phi) is 8.11. The molecule has 1 aliphatic rings. The quantitative estimate of drug-likeness (QED) is 0.287. The Morgan fingerprint density at radius 2 is 1.94 bits per heavy atom. The van der Waals surface area contributed by atoms with Gasteiger partial charge in [-0.1, -0.05) is 44.0 Å². The molecule has 0 unspecified atom stereocenters. The van der Waals surface area contributed by atoms with E-state index in [4.69, 9.17) is 32.4 Å². The van der Waals surface area contributed by atoms with Gasteiger partial charge in [-0.3, -0.25) is 4.79 Å². The van der Waals surface area contributed by atoms with E-state index in [0.29, 0.717) is 36.3 Å². The molecule has 1 aromatic heterocycles. The Morgan fingerprint density at radius 1 is 1.24 bits per heavy atom. The van der Waals surface area contributed by atoms with Crippen LogP contribution in [0.1, 0.15) is 57.2 Å². The summed E-state index contributed by atoms with van der Waals surface area (Å²) in [6, 6.07) is 1.85. The fraction of sp³-hybridized carbons (Fsp3) is 0.625.